The summed E-state index contributed by atoms with van der Waals surface area (Å²) in [6.45, 7) is 7.41. The first-order valence-corrected chi connectivity index (χ1v) is 7.47. The standard InChI is InChI=1S/C16H25N5O.HI/c1-4-6-7-11-21(3)16(18-5-2)19-13-15(22)20-14-9-8-10-17-12-14;/h4,8-10,12H,1,5-7,11,13H2,2-3H3,(H,18,19)(H,20,22);1H. The molecular formula is C16H26IN5O. The van der Waals surface area contributed by atoms with E-state index >= 15 is 0 Å². The minimum absolute atomic E-state index is 0. The Morgan fingerprint density at radius 3 is 2.91 bits per heavy atom. The van der Waals surface area contributed by atoms with Crippen molar-refractivity contribution in [2.45, 2.75) is 19.8 Å². The smallest absolute Gasteiger partial charge is 0.246 e. The minimum Gasteiger partial charge on any atom is -0.357 e. The molecular weight excluding hydrogens is 405 g/mol. The molecule has 6 nitrogen and oxygen atoms in total. The number of nitrogens with one attached hydrogen (secondary N) is 2. The topological polar surface area (TPSA) is 69.6 Å². The van der Waals surface area contributed by atoms with E-state index < -0.39 is 0 Å². The van der Waals surface area contributed by atoms with Crippen molar-refractivity contribution in [3.8, 4) is 0 Å². The van der Waals surface area contributed by atoms with Crippen LogP contribution in [0.3, 0.4) is 0 Å². The second-order valence-electron chi connectivity index (χ2n) is 4.81. The quantitative estimate of drug-likeness (QED) is 0.218. The second kappa shape index (κ2) is 12.9. The first-order chi connectivity index (χ1) is 10.7. The van der Waals surface area contributed by atoms with Gasteiger partial charge in [0.15, 0.2) is 5.96 Å². The van der Waals surface area contributed by atoms with Crippen molar-refractivity contribution in [1.29, 1.82) is 0 Å². The zero-order chi connectivity index (χ0) is 16.2. The maximum absolute atomic E-state index is 11.9. The van der Waals surface area contributed by atoms with Crippen molar-refractivity contribution in [3.05, 3.63) is 37.2 Å². The van der Waals surface area contributed by atoms with E-state index in [0.717, 1.165) is 31.9 Å². The molecule has 1 rings (SSSR count). The lowest BCUT2D eigenvalue weighted by Crippen LogP contribution is -2.40. The number of rotatable bonds is 8. The Morgan fingerprint density at radius 2 is 2.30 bits per heavy atom. The minimum atomic E-state index is -0.164. The van der Waals surface area contributed by atoms with Crippen LogP contribution in [0.25, 0.3) is 0 Å². The van der Waals surface area contributed by atoms with Gasteiger partial charge in [-0.2, -0.15) is 0 Å². The van der Waals surface area contributed by atoms with Gasteiger partial charge in [-0.3, -0.25) is 9.78 Å². The van der Waals surface area contributed by atoms with Gasteiger partial charge in [0, 0.05) is 26.3 Å². The van der Waals surface area contributed by atoms with Crippen LogP contribution in [-0.2, 0) is 4.79 Å². The Labute approximate surface area is 155 Å². The summed E-state index contributed by atoms with van der Waals surface area (Å²) in [6, 6.07) is 3.57. The van der Waals surface area contributed by atoms with Gasteiger partial charge in [-0.05, 0) is 31.9 Å². The van der Waals surface area contributed by atoms with Gasteiger partial charge in [-0.25, -0.2) is 4.99 Å². The summed E-state index contributed by atoms with van der Waals surface area (Å²) < 4.78 is 0. The summed E-state index contributed by atoms with van der Waals surface area (Å²) in [4.78, 5) is 22.2. The third-order valence-corrected chi connectivity index (χ3v) is 2.92. The molecule has 23 heavy (non-hydrogen) atoms. The Bertz CT molecular complexity index is 493. The Kier molecular flexibility index (Phi) is 11.9. The lowest BCUT2D eigenvalue weighted by atomic mass is 10.3. The normalized spacial score (nSPS) is 10.4. The summed E-state index contributed by atoms with van der Waals surface area (Å²) in [6.07, 6.45) is 7.14. The van der Waals surface area contributed by atoms with Gasteiger partial charge < -0.3 is 15.5 Å². The van der Waals surface area contributed by atoms with E-state index in [1.807, 2.05) is 24.9 Å². The van der Waals surface area contributed by atoms with Crippen molar-refractivity contribution in [3.63, 3.8) is 0 Å². The molecule has 0 saturated heterocycles. The highest BCUT2D eigenvalue weighted by Crippen LogP contribution is 2.02. The average molecular weight is 431 g/mol. The molecule has 0 aliphatic rings. The van der Waals surface area contributed by atoms with E-state index in [0.29, 0.717) is 5.69 Å². The molecule has 0 aromatic carbocycles. The number of amides is 1. The molecule has 1 aromatic rings. The Hall–Kier alpha value is -1.64. The Balaban J connectivity index is 0.00000484. The lowest BCUT2D eigenvalue weighted by molar-refractivity contribution is -0.114. The summed E-state index contributed by atoms with van der Waals surface area (Å²) in [7, 11) is 1.96. The van der Waals surface area contributed by atoms with E-state index in [1.54, 1.807) is 24.5 Å². The fraction of sp³-hybridized carbons (Fsp3) is 0.438. The highest BCUT2D eigenvalue weighted by Gasteiger charge is 2.07. The van der Waals surface area contributed by atoms with Crippen molar-refractivity contribution < 1.29 is 4.79 Å². The van der Waals surface area contributed by atoms with Crippen LogP contribution < -0.4 is 10.6 Å². The number of aliphatic imine (C=N–C) groups is 1. The number of anilines is 1. The third kappa shape index (κ3) is 9.17. The number of hydrogen-bond donors (Lipinski definition) is 2. The van der Waals surface area contributed by atoms with Gasteiger partial charge in [0.1, 0.15) is 6.54 Å². The molecule has 0 saturated carbocycles. The van der Waals surface area contributed by atoms with E-state index in [1.165, 1.54) is 0 Å². The van der Waals surface area contributed by atoms with E-state index in [2.05, 4.69) is 27.2 Å². The first-order valence-electron chi connectivity index (χ1n) is 7.47. The number of hydrogen-bond acceptors (Lipinski definition) is 3. The fourth-order valence-electron chi connectivity index (χ4n) is 1.83. The van der Waals surface area contributed by atoms with Crippen LogP contribution in [0, 0.1) is 0 Å². The van der Waals surface area contributed by atoms with Crippen LogP contribution >= 0.6 is 24.0 Å². The average Bonchev–Trinajstić information content (AvgIpc) is 2.52. The first kappa shape index (κ1) is 21.4. The van der Waals surface area contributed by atoms with Gasteiger partial charge in [-0.15, -0.1) is 30.6 Å². The van der Waals surface area contributed by atoms with Crippen LogP contribution in [0.2, 0.25) is 0 Å². The highest BCUT2D eigenvalue weighted by atomic mass is 127. The zero-order valence-corrected chi connectivity index (χ0v) is 16.1. The molecule has 0 aliphatic carbocycles. The molecule has 0 fully saturated rings. The molecule has 1 aromatic heterocycles. The number of pyridine rings is 1. The molecule has 0 spiro atoms. The largest absolute Gasteiger partial charge is 0.357 e. The molecule has 0 aliphatic heterocycles. The molecule has 128 valence electrons. The number of unbranched alkanes of at least 4 members (excludes halogenated alkanes) is 1. The maximum atomic E-state index is 11.9. The van der Waals surface area contributed by atoms with Crippen molar-refractivity contribution in [2.24, 2.45) is 4.99 Å². The van der Waals surface area contributed by atoms with Crippen LogP contribution in [-0.4, -0.2) is 48.4 Å². The number of guanidine groups is 1. The molecule has 2 N–H and O–H groups in total. The van der Waals surface area contributed by atoms with E-state index in [-0.39, 0.29) is 36.4 Å². The third-order valence-electron chi connectivity index (χ3n) is 2.92. The van der Waals surface area contributed by atoms with Gasteiger partial charge >= 0.3 is 0 Å². The number of carbonyl (C=O) groups excluding carboxylic acids is 1. The van der Waals surface area contributed by atoms with E-state index in [9.17, 15) is 4.79 Å². The van der Waals surface area contributed by atoms with Crippen molar-refractivity contribution in [2.75, 3.05) is 32.0 Å². The fourth-order valence-corrected chi connectivity index (χ4v) is 1.83. The molecule has 0 unspecified atom stereocenters. The molecule has 0 atom stereocenters. The van der Waals surface area contributed by atoms with Gasteiger partial charge in [0.2, 0.25) is 5.91 Å². The number of nitrogens with zero attached hydrogens (tertiary/aromatic N) is 3. The van der Waals surface area contributed by atoms with Crippen molar-refractivity contribution in [1.82, 2.24) is 15.2 Å². The summed E-state index contributed by atoms with van der Waals surface area (Å²) in [5.74, 6) is 0.566. The highest BCUT2D eigenvalue weighted by molar-refractivity contribution is 14.0. The van der Waals surface area contributed by atoms with Gasteiger partial charge in [-0.1, -0.05) is 6.08 Å². The van der Waals surface area contributed by atoms with Crippen LogP contribution in [0.15, 0.2) is 42.2 Å². The van der Waals surface area contributed by atoms with Gasteiger partial charge in [0.05, 0.1) is 11.9 Å². The monoisotopic (exact) mass is 431 g/mol. The van der Waals surface area contributed by atoms with Crippen LogP contribution in [0.1, 0.15) is 19.8 Å². The maximum Gasteiger partial charge on any atom is 0.246 e. The SMILES string of the molecule is C=CCCCN(C)C(=NCC(=O)Nc1cccnc1)NCC.I. The zero-order valence-electron chi connectivity index (χ0n) is 13.8. The predicted molar refractivity (Wildman–Crippen MR) is 106 cm³/mol. The molecule has 7 heteroatoms. The second-order valence-corrected chi connectivity index (χ2v) is 4.81. The number of carbonyl (C=O) groups is 1. The Morgan fingerprint density at radius 1 is 1.52 bits per heavy atom. The number of aromatic nitrogens is 1. The molecule has 0 bridgehead atoms. The van der Waals surface area contributed by atoms with E-state index in [4.69, 9.17) is 0 Å². The predicted octanol–water partition coefficient (Wildman–Crippen LogP) is 2.50. The molecule has 1 amide bonds. The summed E-state index contributed by atoms with van der Waals surface area (Å²) in [5.41, 5.74) is 0.673. The lowest BCUT2D eigenvalue weighted by Gasteiger charge is -2.21. The van der Waals surface area contributed by atoms with Crippen molar-refractivity contribution >= 4 is 41.5 Å². The molecule has 0 radical (unpaired) electrons. The summed E-state index contributed by atoms with van der Waals surface area (Å²) in [5, 5.41) is 5.95. The van der Waals surface area contributed by atoms with Crippen LogP contribution in [0.4, 0.5) is 5.69 Å². The number of halogens is 1. The summed E-state index contributed by atoms with van der Waals surface area (Å²) >= 11 is 0. The van der Waals surface area contributed by atoms with Gasteiger partial charge in [0.25, 0.3) is 0 Å². The van der Waals surface area contributed by atoms with Crippen LogP contribution in [0.5, 0.6) is 0 Å². The molecule has 1 heterocycles. The number of allylic oxidation sites excluding steroid dienone is 1.